The molecule has 1 aromatic heterocycles. The zero-order valence-corrected chi connectivity index (χ0v) is 12.7. The quantitative estimate of drug-likeness (QED) is 0.869. The van der Waals surface area contributed by atoms with Crippen molar-refractivity contribution in [3.63, 3.8) is 0 Å². The standard InChI is InChI=1S/C13H13BrN2O2S/c1-18-12-6-10(15)3-5-13(12)19(17)8-11-4-2-9(14)7-16-11/h2-7H,8,15H2,1H3. The van der Waals surface area contributed by atoms with E-state index in [1.54, 1.807) is 24.4 Å². The second kappa shape index (κ2) is 6.16. The molecule has 100 valence electrons. The van der Waals surface area contributed by atoms with Gasteiger partial charge in [0.25, 0.3) is 0 Å². The summed E-state index contributed by atoms with van der Waals surface area (Å²) in [5.74, 6) is 0.878. The molecule has 1 unspecified atom stereocenters. The average molecular weight is 341 g/mol. The Bertz CT molecular complexity index is 602. The highest BCUT2D eigenvalue weighted by molar-refractivity contribution is 9.10. The van der Waals surface area contributed by atoms with Gasteiger partial charge in [0.1, 0.15) is 5.75 Å². The first kappa shape index (κ1) is 14.0. The van der Waals surface area contributed by atoms with Gasteiger partial charge in [-0.25, -0.2) is 0 Å². The molecule has 1 aromatic carbocycles. The highest BCUT2D eigenvalue weighted by Gasteiger charge is 2.12. The summed E-state index contributed by atoms with van der Waals surface area (Å²) >= 11 is 3.32. The van der Waals surface area contributed by atoms with Crippen LogP contribution in [0, 0.1) is 0 Å². The van der Waals surface area contributed by atoms with Gasteiger partial charge >= 0.3 is 0 Å². The van der Waals surface area contributed by atoms with E-state index in [1.165, 1.54) is 7.11 Å². The Morgan fingerprint density at radius 3 is 2.79 bits per heavy atom. The number of anilines is 1. The van der Waals surface area contributed by atoms with E-state index in [0.29, 0.717) is 22.1 Å². The molecule has 6 heteroatoms. The Kier molecular flexibility index (Phi) is 4.55. The zero-order chi connectivity index (χ0) is 13.8. The fraction of sp³-hybridized carbons (Fsp3) is 0.154. The lowest BCUT2D eigenvalue weighted by Crippen LogP contribution is -2.01. The van der Waals surface area contributed by atoms with E-state index in [9.17, 15) is 4.21 Å². The van der Waals surface area contributed by atoms with Crippen molar-refractivity contribution in [1.82, 2.24) is 4.98 Å². The number of benzene rings is 1. The molecule has 0 radical (unpaired) electrons. The van der Waals surface area contributed by atoms with Crippen LogP contribution in [0.2, 0.25) is 0 Å². The van der Waals surface area contributed by atoms with E-state index in [4.69, 9.17) is 10.5 Å². The van der Waals surface area contributed by atoms with E-state index in [1.807, 2.05) is 12.1 Å². The lowest BCUT2D eigenvalue weighted by molar-refractivity contribution is 0.404. The van der Waals surface area contributed by atoms with Crippen molar-refractivity contribution in [2.45, 2.75) is 10.6 Å². The van der Waals surface area contributed by atoms with Crippen LogP contribution < -0.4 is 10.5 Å². The number of aromatic nitrogens is 1. The van der Waals surface area contributed by atoms with Crippen LogP contribution in [-0.4, -0.2) is 16.3 Å². The molecule has 0 spiro atoms. The van der Waals surface area contributed by atoms with Crippen LogP contribution in [0.1, 0.15) is 5.69 Å². The van der Waals surface area contributed by atoms with E-state index >= 15 is 0 Å². The molecule has 0 fully saturated rings. The molecule has 19 heavy (non-hydrogen) atoms. The summed E-state index contributed by atoms with van der Waals surface area (Å²) in [7, 11) is 0.316. The number of nitrogen functional groups attached to an aromatic ring is 1. The fourth-order valence-corrected chi connectivity index (χ4v) is 2.99. The Morgan fingerprint density at radius 2 is 2.16 bits per heavy atom. The summed E-state index contributed by atoms with van der Waals surface area (Å²) in [6.07, 6.45) is 1.69. The van der Waals surface area contributed by atoms with Gasteiger partial charge in [-0.2, -0.15) is 0 Å². The second-order valence-electron chi connectivity index (χ2n) is 3.87. The molecule has 0 bridgehead atoms. The average Bonchev–Trinajstić information content (AvgIpc) is 2.41. The van der Waals surface area contributed by atoms with E-state index in [-0.39, 0.29) is 0 Å². The van der Waals surface area contributed by atoms with Crippen LogP contribution in [0.3, 0.4) is 0 Å². The van der Waals surface area contributed by atoms with Crippen LogP contribution in [0.25, 0.3) is 0 Å². The van der Waals surface area contributed by atoms with Crippen molar-refractivity contribution in [1.29, 1.82) is 0 Å². The van der Waals surface area contributed by atoms with Crippen molar-refractivity contribution in [3.05, 3.63) is 46.7 Å². The minimum atomic E-state index is -1.22. The number of nitrogens with zero attached hydrogens (tertiary/aromatic N) is 1. The SMILES string of the molecule is COc1cc(N)ccc1S(=O)Cc1ccc(Br)cn1. The maximum atomic E-state index is 12.3. The van der Waals surface area contributed by atoms with Gasteiger partial charge in [-0.05, 0) is 40.2 Å². The van der Waals surface area contributed by atoms with Gasteiger partial charge in [0.2, 0.25) is 0 Å². The van der Waals surface area contributed by atoms with E-state index < -0.39 is 10.8 Å². The molecule has 2 N–H and O–H groups in total. The number of rotatable bonds is 4. The van der Waals surface area contributed by atoms with Crippen molar-refractivity contribution >= 4 is 32.4 Å². The minimum absolute atomic E-state index is 0.341. The largest absolute Gasteiger partial charge is 0.495 e. The summed E-state index contributed by atoms with van der Waals surface area (Å²) in [5.41, 5.74) is 7.02. The normalized spacial score (nSPS) is 12.1. The topological polar surface area (TPSA) is 65.2 Å². The van der Waals surface area contributed by atoms with Crippen LogP contribution in [-0.2, 0) is 16.6 Å². The Labute approximate surface area is 122 Å². The molecule has 0 aliphatic heterocycles. The van der Waals surface area contributed by atoms with Crippen LogP contribution in [0.15, 0.2) is 45.9 Å². The Morgan fingerprint density at radius 1 is 1.37 bits per heavy atom. The lowest BCUT2D eigenvalue weighted by Gasteiger charge is -2.09. The first-order valence-corrected chi connectivity index (χ1v) is 7.63. The third kappa shape index (κ3) is 3.54. The number of hydrogen-bond donors (Lipinski definition) is 1. The van der Waals surface area contributed by atoms with Crippen molar-refractivity contribution in [2.75, 3.05) is 12.8 Å². The molecule has 0 saturated carbocycles. The molecule has 0 saturated heterocycles. The molecule has 2 rings (SSSR count). The van der Waals surface area contributed by atoms with Crippen LogP contribution in [0.5, 0.6) is 5.75 Å². The molecule has 0 amide bonds. The summed E-state index contributed by atoms with van der Waals surface area (Å²) in [6, 6.07) is 8.82. The number of pyridine rings is 1. The third-order valence-corrected chi connectivity index (χ3v) is 4.36. The number of halogens is 1. The molecule has 1 heterocycles. The van der Waals surface area contributed by atoms with Gasteiger partial charge in [-0.15, -0.1) is 0 Å². The predicted octanol–water partition coefficient (Wildman–Crippen LogP) is 2.74. The van der Waals surface area contributed by atoms with Crippen molar-refractivity contribution in [2.24, 2.45) is 0 Å². The van der Waals surface area contributed by atoms with Crippen molar-refractivity contribution in [3.8, 4) is 5.75 Å². The first-order chi connectivity index (χ1) is 9.10. The zero-order valence-electron chi connectivity index (χ0n) is 10.3. The molecule has 0 aliphatic rings. The van der Waals surface area contributed by atoms with Crippen LogP contribution in [0.4, 0.5) is 5.69 Å². The van der Waals surface area contributed by atoms with Crippen molar-refractivity contribution < 1.29 is 8.95 Å². The summed E-state index contributed by atoms with van der Waals surface area (Å²) < 4.78 is 18.4. The summed E-state index contributed by atoms with van der Waals surface area (Å²) in [6.45, 7) is 0. The smallest absolute Gasteiger partial charge is 0.137 e. The molecular weight excluding hydrogens is 328 g/mol. The molecule has 2 aromatic rings. The number of ether oxygens (including phenoxy) is 1. The molecule has 0 aliphatic carbocycles. The number of nitrogens with two attached hydrogens (primary N) is 1. The maximum Gasteiger partial charge on any atom is 0.137 e. The van der Waals surface area contributed by atoms with Gasteiger partial charge in [-0.3, -0.25) is 9.19 Å². The van der Waals surface area contributed by atoms with Gasteiger partial charge in [0.15, 0.2) is 0 Å². The highest BCUT2D eigenvalue weighted by Crippen LogP contribution is 2.26. The Hall–Kier alpha value is -1.40. The second-order valence-corrected chi connectivity index (χ2v) is 6.20. The summed E-state index contributed by atoms with van der Waals surface area (Å²) in [5, 5.41) is 0. The van der Waals surface area contributed by atoms with Gasteiger partial charge in [0.05, 0.1) is 34.3 Å². The van der Waals surface area contributed by atoms with E-state index in [0.717, 1.165) is 10.2 Å². The lowest BCUT2D eigenvalue weighted by atomic mass is 10.3. The first-order valence-electron chi connectivity index (χ1n) is 5.52. The maximum absolute atomic E-state index is 12.3. The molecule has 1 atom stereocenters. The van der Waals surface area contributed by atoms with Gasteiger partial charge < -0.3 is 10.5 Å². The fourth-order valence-electron chi connectivity index (χ4n) is 1.58. The Balaban J connectivity index is 2.22. The summed E-state index contributed by atoms with van der Waals surface area (Å²) in [4.78, 5) is 4.84. The monoisotopic (exact) mass is 340 g/mol. The predicted molar refractivity (Wildman–Crippen MR) is 79.5 cm³/mol. The van der Waals surface area contributed by atoms with E-state index in [2.05, 4.69) is 20.9 Å². The highest BCUT2D eigenvalue weighted by atomic mass is 79.9. The third-order valence-electron chi connectivity index (χ3n) is 2.50. The molecular formula is C13H13BrN2O2S. The van der Waals surface area contributed by atoms with Gasteiger partial charge in [-0.1, -0.05) is 0 Å². The number of hydrogen-bond acceptors (Lipinski definition) is 4. The molecule has 4 nitrogen and oxygen atoms in total. The number of methoxy groups -OCH3 is 1. The van der Waals surface area contributed by atoms with Gasteiger partial charge in [0, 0.05) is 22.4 Å². The van der Waals surface area contributed by atoms with Crippen LogP contribution >= 0.6 is 15.9 Å². The minimum Gasteiger partial charge on any atom is -0.495 e.